The van der Waals surface area contributed by atoms with Crippen molar-refractivity contribution < 1.29 is 13.7 Å². The number of rotatable bonds is 5. The summed E-state index contributed by atoms with van der Waals surface area (Å²) < 4.78 is 22.9. The second kappa shape index (κ2) is 7.68. The fraction of sp³-hybridized carbons (Fsp3) is 0.474. The van der Waals surface area contributed by atoms with Crippen LogP contribution in [0.5, 0.6) is 0 Å². The predicted molar refractivity (Wildman–Crippen MR) is 112 cm³/mol. The number of anilines is 2. The number of nitrogens with two attached hydrogens (primary N) is 1. The summed E-state index contributed by atoms with van der Waals surface area (Å²) in [7, 11) is -2.37. The fourth-order valence-corrected chi connectivity index (χ4v) is 4.97. The largest absolute Gasteiger partial charge is 0.384 e. The fourth-order valence-electron chi connectivity index (χ4n) is 3.34. The maximum Gasteiger partial charge on any atom is 0.168 e. The SMILES string of the molecule is C[C@@H]1COCCN1c1cc(N=[S@](C)(=O)C2CC2)nc(-c2cc(N)nc(C=O)c2)n1. The lowest BCUT2D eigenvalue weighted by Crippen LogP contribution is -2.44. The number of nitrogen functional groups attached to an aromatic ring is 1. The number of carbonyl (C=O) groups excluding carboxylic acids is 1. The molecule has 4 rings (SSSR count). The Balaban J connectivity index is 1.85. The van der Waals surface area contributed by atoms with E-state index < -0.39 is 9.73 Å². The molecule has 3 heterocycles. The summed E-state index contributed by atoms with van der Waals surface area (Å²) in [6.07, 6.45) is 4.16. The van der Waals surface area contributed by atoms with Crippen molar-refractivity contribution in [3.63, 3.8) is 0 Å². The molecule has 29 heavy (non-hydrogen) atoms. The molecule has 0 spiro atoms. The molecule has 1 saturated heterocycles. The van der Waals surface area contributed by atoms with Crippen molar-refractivity contribution in [2.24, 2.45) is 4.36 Å². The van der Waals surface area contributed by atoms with Gasteiger partial charge in [-0.3, -0.25) is 4.79 Å². The Kier molecular flexibility index (Phi) is 5.22. The first-order chi connectivity index (χ1) is 13.9. The van der Waals surface area contributed by atoms with Crippen molar-refractivity contribution in [2.75, 3.05) is 36.6 Å². The molecule has 2 aromatic rings. The Hall–Kier alpha value is -2.59. The number of aromatic nitrogens is 3. The topological polar surface area (TPSA) is 124 Å². The van der Waals surface area contributed by atoms with Gasteiger partial charge in [-0.25, -0.2) is 19.2 Å². The van der Waals surface area contributed by atoms with Gasteiger partial charge in [-0.15, -0.1) is 0 Å². The van der Waals surface area contributed by atoms with Gasteiger partial charge in [-0.2, -0.15) is 4.36 Å². The molecular formula is C19H24N6O3S. The lowest BCUT2D eigenvalue weighted by Gasteiger charge is -2.34. The smallest absolute Gasteiger partial charge is 0.168 e. The summed E-state index contributed by atoms with van der Waals surface area (Å²) in [6, 6.07) is 5.09. The summed E-state index contributed by atoms with van der Waals surface area (Å²) in [6.45, 7) is 3.93. The van der Waals surface area contributed by atoms with E-state index in [1.807, 2.05) is 0 Å². The second-order valence-corrected chi connectivity index (χ2v) is 10.1. The van der Waals surface area contributed by atoms with Gasteiger partial charge < -0.3 is 15.4 Å². The summed E-state index contributed by atoms with van der Waals surface area (Å²) in [5.41, 5.74) is 6.60. The number of hydrogen-bond acceptors (Lipinski definition) is 9. The Bertz CT molecular complexity index is 1060. The van der Waals surface area contributed by atoms with E-state index in [9.17, 15) is 9.00 Å². The van der Waals surface area contributed by atoms with Gasteiger partial charge >= 0.3 is 0 Å². The summed E-state index contributed by atoms with van der Waals surface area (Å²) >= 11 is 0. The van der Waals surface area contributed by atoms with Crippen molar-refractivity contribution in [3.05, 3.63) is 23.9 Å². The van der Waals surface area contributed by atoms with Crippen molar-refractivity contribution >= 4 is 33.5 Å². The highest BCUT2D eigenvalue weighted by Gasteiger charge is 2.31. The number of carbonyl (C=O) groups is 1. The normalized spacial score (nSPS) is 21.4. The lowest BCUT2D eigenvalue weighted by molar-refractivity contribution is 0.0985. The average Bonchev–Trinajstić information content (AvgIpc) is 3.53. The number of morpholine rings is 1. The highest BCUT2D eigenvalue weighted by Crippen LogP contribution is 2.33. The molecule has 10 heteroatoms. The van der Waals surface area contributed by atoms with E-state index in [1.54, 1.807) is 24.5 Å². The van der Waals surface area contributed by atoms with E-state index in [4.69, 9.17) is 15.5 Å². The first kappa shape index (κ1) is 19.7. The van der Waals surface area contributed by atoms with Crippen molar-refractivity contribution in [1.82, 2.24) is 15.0 Å². The Morgan fingerprint density at radius 3 is 2.76 bits per heavy atom. The second-order valence-electron chi connectivity index (χ2n) is 7.50. The van der Waals surface area contributed by atoms with Gasteiger partial charge in [0.15, 0.2) is 17.9 Å². The number of pyridine rings is 1. The monoisotopic (exact) mass is 416 g/mol. The van der Waals surface area contributed by atoms with Gasteiger partial charge in [0.25, 0.3) is 0 Å². The quantitative estimate of drug-likeness (QED) is 0.735. The van der Waals surface area contributed by atoms with Crippen LogP contribution in [-0.4, -0.2) is 62.8 Å². The molecule has 2 N–H and O–H groups in total. The third kappa shape index (κ3) is 4.38. The van der Waals surface area contributed by atoms with Crippen molar-refractivity contribution in [3.8, 4) is 11.4 Å². The standard InChI is InChI=1S/C19H24N6O3S/c1-12-11-28-6-5-25(12)18-9-17(24-29(2,27)15-3-4-15)22-19(23-18)13-7-14(10-26)21-16(20)8-13/h7-10,12,15H,3-6,11H2,1-2H3,(H2,20,21)/t12-,29-/m1/s1. The molecule has 154 valence electrons. The van der Waals surface area contributed by atoms with Gasteiger partial charge in [-0.05, 0) is 31.9 Å². The number of aldehydes is 1. The molecule has 2 aliphatic rings. The van der Waals surface area contributed by atoms with E-state index in [1.165, 1.54) is 0 Å². The average molecular weight is 417 g/mol. The first-order valence-corrected chi connectivity index (χ1v) is 11.5. The predicted octanol–water partition coefficient (Wildman–Crippen LogP) is 2.05. The molecule has 0 amide bonds. The van der Waals surface area contributed by atoms with Crippen LogP contribution in [0.3, 0.4) is 0 Å². The molecule has 0 unspecified atom stereocenters. The zero-order valence-corrected chi connectivity index (χ0v) is 17.3. The molecule has 2 aromatic heterocycles. The molecule has 1 aliphatic carbocycles. The highest BCUT2D eigenvalue weighted by atomic mass is 32.2. The third-order valence-electron chi connectivity index (χ3n) is 5.02. The van der Waals surface area contributed by atoms with Crippen LogP contribution in [-0.2, 0) is 14.5 Å². The van der Waals surface area contributed by atoms with E-state index >= 15 is 0 Å². The zero-order chi connectivity index (χ0) is 20.6. The molecule has 1 saturated carbocycles. The number of ether oxygens (including phenoxy) is 1. The van der Waals surface area contributed by atoms with Crippen LogP contribution >= 0.6 is 0 Å². The first-order valence-electron chi connectivity index (χ1n) is 9.53. The molecule has 0 radical (unpaired) electrons. The van der Waals surface area contributed by atoms with Gasteiger partial charge in [-0.1, -0.05) is 0 Å². The van der Waals surface area contributed by atoms with E-state index in [0.717, 1.165) is 12.8 Å². The van der Waals surface area contributed by atoms with E-state index in [-0.39, 0.29) is 22.8 Å². The lowest BCUT2D eigenvalue weighted by atomic mass is 10.2. The molecule has 0 bridgehead atoms. The van der Waals surface area contributed by atoms with Crippen molar-refractivity contribution in [2.45, 2.75) is 31.1 Å². The third-order valence-corrected chi connectivity index (χ3v) is 7.28. The minimum atomic E-state index is -2.37. The Morgan fingerprint density at radius 2 is 2.07 bits per heavy atom. The Morgan fingerprint density at radius 1 is 1.28 bits per heavy atom. The summed E-state index contributed by atoms with van der Waals surface area (Å²) in [5, 5.41) is 0.116. The highest BCUT2D eigenvalue weighted by molar-refractivity contribution is 7.93. The van der Waals surface area contributed by atoms with Crippen LogP contribution in [0.25, 0.3) is 11.4 Å². The minimum Gasteiger partial charge on any atom is -0.384 e. The van der Waals surface area contributed by atoms with Gasteiger partial charge in [0.1, 0.15) is 17.3 Å². The van der Waals surface area contributed by atoms with Crippen LogP contribution < -0.4 is 10.6 Å². The van der Waals surface area contributed by atoms with Gasteiger partial charge in [0, 0.05) is 29.7 Å². The van der Waals surface area contributed by atoms with Crippen LogP contribution in [0, 0.1) is 0 Å². The zero-order valence-electron chi connectivity index (χ0n) is 16.4. The van der Waals surface area contributed by atoms with Crippen LogP contribution in [0.2, 0.25) is 0 Å². The Labute approximate surface area is 169 Å². The van der Waals surface area contributed by atoms with Gasteiger partial charge in [0.2, 0.25) is 0 Å². The maximum absolute atomic E-state index is 12.9. The van der Waals surface area contributed by atoms with Crippen LogP contribution in [0.1, 0.15) is 30.3 Å². The minimum absolute atomic E-state index is 0.116. The van der Waals surface area contributed by atoms with E-state index in [2.05, 4.69) is 26.2 Å². The van der Waals surface area contributed by atoms with Gasteiger partial charge in [0.05, 0.1) is 29.0 Å². The maximum atomic E-state index is 12.9. The molecule has 9 nitrogen and oxygen atoms in total. The number of hydrogen-bond donors (Lipinski definition) is 1. The van der Waals surface area contributed by atoms with Crippen molar-refractivity contribution in [1.29, 1.82) is 0 Å². The summed E-state index contributed by atoms with van der Waals surface area (Å²) in [4.78, 5) is 26.5. The van der Waals surface area contributed by atoms with Crippen LogP contribution in [0.15, 0.2) is 22.6 Å². The molecule has 2 fully saturated rings. The van der Waals surface area contributed by atoms with E-state index in [0.29, 0.717) is 49.1 Å². The molecular weight excluding hydrogens is 392 g/mol. The van der Waals surface area contributed by atoms with Crippen LogP contribution in [0.4, 0.5) is 17.5 Å². The molecule has 2 atom stereocenters. The molecule has 1 aliphatic heterocycles. The summed E-state index contributed by atoms with van der Waals surface area (Å²) in [5.74, 6) is 1.61. The number of nitrogens with zero attached hydrogens (tertiary/aromatic N) is 5. The molecule has 0 aromatic carbocycles.